The number of carbonyl (C=O) groups excluding carboxylic acids is 2. The summed E-state index contributed by atoms with van der Waals surface area (Å²) in [6.07, 6.45) is 4.42. The molecule has 10 heteroatoms. The highest BCUT2D eigenvalue weighted by Gasteiger charge is 2.31. The van der Waals surface area contributed by atoms with Gasteiger partial charge in [0.25, 0.3) is 5.69 Å². The van der Waals surface area contributed by atoms with Gasteiger partial charge in [0.1, 0.15) is 5.69 Å². The summed E-state index contributed by atoms with van der Waals surface area (Å²) in [5.74, 6) is -0.00123. The molecule has 1 aromatic carbocycles. The van der Waals surface area contributed by atoms with E-state index in [-0.39, 0.29) is 36.0 Å². The molecule has 3 heterocycles. The summed E-state index contributed by atoms with van der Waals surface area (Å²) in [5.41, 5.74) is 0.619. The predicted molar refractivity (Wildman–Crippen MR) is 106 cm³/mol. The smallest absolute Gasteiger partial charge is 0.294 e. The van der Waals surface area contributed by atoms with Gasteiger partial charge in [-0.25, -0.2) is 9.97 Å². The highest BCUT2D eigenvalue weighted by molar-refractivity contribution is 6.16. The fraction of sp³-hybridized carbons (Fsp3) is 0.368. The van der Waals surface area contributed by atoms with E-state index in [0.29, 0.717) is 44.2 Å². The van der Waals surface area contributed by atoms with Gasteiger partial charge in [0.15, 0.2) is 0 Å². The zero-order chi connectivity index (χ0) is 20.4. The third kappa shape index (κ3) is 3.73. The van der Waals surface area contributed by atoms with Gasteiger partial charge in [-0.05, 0) is 24.6 Å². The van der Waals surface area contributed by atoms with Crippen LogP contribution in [0.25, 0.3) is 0 Å². The first-order valence-electron chi connectivity index (χ1n) is 9.46. The van der Waals surface area contributed by atoms with Crippen molar-refractivity contribution in [2.75, 3.05) is 40.9 Å². The maximum atomic E-state index is 12.2. The first-order valence-corrected chi connectivity index (χ1v) is 9.46. The Morgan fingerprint density at radius 2 is 1.55 bits per heavy atom. The molecule has 29 heavy (non-hydrogen) atoms. The number of imide groups is 1. The standard InChI is InChI=1S/C19H20N6O4/c26-17-3-1-4-18(27)24(17)14-5-6-15(16(13-14)25(28)29)22-9-11-23(12-10-22)19-20-7-2-8-21-19/h2,5-8,13H,1,3-4,9-12H2. The van der Waals surface area contributed by atoms with Gasteiger partial charge in [-0.1, -0.05) is 0 Å². The Hall–Kier alpha value is -3.56. The van der Waals surface area contributed by atoms with E-state index in [1.165, 1.54) is 6.07 Å². The lowest BCUT2D eigenvalue weighted by molar-refractivity contribution is -0.384. The quantitative estimate of drug-likeness (QED) is 0.436. The van der Waals surface area contributed by atoms with E-state index in [1.807, 2.05) is 9.80 Å². The molecule has 10 nitrogen and oxygen atoms in total. The Kier molecular flexibility index (Phi) is 5.07. The summed E-state index contributed by atoms with van der Waals surface area (Å²) >= 11 is 0. The number of benzene rings is 1. The van der Waals surface area contributed by atoms with E-state index in [2.05, 4.69) is 9.97 Å². The van der Waals surface area contributed by atoms with Crippen molar-refractivity contribution in [1.82, 2.24) is 9.97 Å². The SMILES string of the molecule is O=C1CCCC(=O)N1c1ccc(N2CCN(c3ncccn3)CC2)c([N+](=O)[O-])c1. The second-order valence-electron chi connectivity index (χ2n) is 6.93. The van der Waals surface area contributed by atoms with Crippen LogP contribution >= 0.6 is 0 Å². The Labute approximate surface area is 166 Å². The van der Waals surface area contributed by atoms with Gasteiger partial charge in [0.2, 0.25) is 17.8 Å². The van der Waals surface area contributed by atoms with Gasteiger partial charge < -0.3 is 9.80 Å². The molecular formula is C19H20N6O4. The molecule has 4 rings (SSSR count). The van der Waals surface area contributed by atoms with E-state index in [1.54, 1.807) is 30.6 Å². The van der Waals surface area contributed by atoms with Crippen LogP contribution in [0.3, 0.4) is 0 Å². The first-order chi connectivity index (χ1) is 14.0. The molecule has 0 unspecified atom stereocenters. The van der Waals surface area contributed by atoms with Crippen molar-refractivity contribution in [3.8, 4) is 0 Å². The maximum absolute atomic E-state index is 12.2. The number of hydrogen-bond acceptors (Lipinski definition) is 8. The number of aromatic nitrogens is 2. The number of nitrogens with zero attached hydrogens (tertiary/aromatic N) is 6. The van der Waals surface area contributed by atoms with Gasteiger partial charge in [-0.2, -0.15) is 0 Å². The number of anilines is 3. The third-order valence-corrected chi connectivity index (χ3v) is 5.15. The van der Waals surface area contributed by atoms with Gasteiger partial charge in [0, 0.05) is 57.5 Å². The molecule has 2 amide bonds. The zero-order valence-corrected chi connectivity index (χ0v) is 15.7. The van der Waals surface area contributed by atoms with Gasteiger partial charge in [-0.3, -0.25) is 24.6 Å². The van der Waals surface area contributed by atoms with Crippen LogP contribution in [0.1, 0.15) is 19.3 Å². The van der Waals surface area contributed by atoms with Crippen molar-refractivity contribution in [2.24, 2.45) is 0 Å². The Morgan fingerprint density at radius 1 is 0.931 bits per heavy atom. The summed E-state index contributed by atoms with van der Waals surface area (Å²) < 4.78 is 0. The predicted octanol–water partition coefficient (Wildman–Crippen LogP) is 1.75. The van der Waals surface area contributed by atoms with Crippen LogP contribution < -0.4 is 14.7 Å². The van der Waals surface area contributed by atoms with Crippen molar-refractivity contribution in [2.45, 2.75) is 19.3 Å². The molecule has 150 valence electrons. The second kappa shape index (κ2) is 7.82. The number of carbonyl (C=O) groups is 2. The summed E-state index contributed by atoms with van der Waals surface area (Å²) in [4.78, 5) is 49.0. The van der Waals surface area contributed by atoms with Crippen LogP contribution in [0.2, 0.25) is 0 Å². The Balaban J connectivity index is 1.56. The first kappa shape index (κ1) is 18.8. The normalized spacial score (nSPS) is 17.6. The molecule has 0 bridgehead atoms. The lowest BCUT2D eigenvalue weighted by atomic mass is 10.1. The highest BCUT2D eigenvalue weighted by atomic mass is 16.6. The Morgan fingerprint density at radius 3 is 2.17 bits per heavy atom. The van der Waals surface area contributed by atoms with Crippen molar-refractivity contribution in [3.63, 3.8) is 0 Å². The van der Waals surface area contributed by atoms with E-state index < -0.39 is 4.92 Å². The van der Waals surface area contributed by atoms with E-state index in [0.717, 1.165) is 4.90 Å². The second-order valence-corrected chi connectivity index (χ2v) is 6.93. The number of amides is 2. The fourth-order valence-corrected chi connectivity index (χ4v) is 3.71. The molecule has 0 atom stereocenters. The molecule has 2 aliphatic rings. The molecular weight excluding hydrogens is 376 g/mol. The van der Waals surface area contributed by atoms with Gasteiger partial charge in [-0.15, -0.1) is 0 Å². The van der Waals surface area contributed by atoms with Crippen LogP contribution in [0, 0.1) is 10.1 Å². The summed E-state index contributed by atoms with van der Waals surface area (Å²) in [6, 6.07) is 6.30. The minimum Gasteiger partial charge on any atom is -0.362 e. The van der Waals surface area contributed by atoms with Gasteiger partial charge >= 0.3 is 0 Å². The minimum atomic E-state index is -0.468. The topological polar surface area (TPSA) is 113 Å². The number of rotatable bonds is 4. The average molecular weight is 396 g/mol. The molecule has 2 saturated heterocycles. The van der Waals surface area contributed by atoms with Crippen LogP contribution in [0.15, 0.2) is 36.7 Å². The summed E-state index contributed by atoms with van der Waals surface area (Å²) in [7, 11) is 0. The molecule has 2 aromatic rings. The molecule has 2 aliphatic heterocycles. The number of hydrogen-bond donors (Lipinski definition) is 0. The summed E-state index contributed by atoms with van der Waals surface area (Å²) in [6.45, 7) is 2.40. The molecule has 0 saturated carbocycles. The molecule has 1 aromatic heterocycles. The Bertz CT molecular complexity index is 927. The monoisotopic (exact) mass is 396 g/mol. The largest absolute Gasteiger partial charge is 0.362 e. The number of piperidine rings is 1. The fourth-order valence-electron chi connectivity index (χ4n) is 3.71. The van der Waals surface area contributed by atoms with E-state index in [9.17, 15) is 19.7 Å². The highest BCUT2D eigenvalue weighted by Crippen LogP contribution is 2.34. The molecule has 2 fully saturated rings. The molecule has 0 N–H and O–H groups in total. The lowest BCUT2D eigenvalue weighted by Gasteiger charge is -2.36. The molecule has 0 aliphatic carbocycles. The zero-order valence-electron chi connectivity index (χ0n) is 15.7. The lowest BCUT2D eigenvalue weighted by Crippen LogP contribution is -2.47. The van der Waals surface area contributed by atoms with Gasteiger partial charge in [0.05, 0.1) is 10.6 Å². The van der Waals surface area contributed by atoms with Crippen molar-refractivity contribution in [1.29, 1.82) is 0 Å². The van der Waals surface area contributed by atoms with Crippen LogP contribution in [-0.4, -0.2) is 52.9 Å². The van der Waals surface area contributed by atoms with Crippen LogP contribution in [-0.2, 0) is 9.59 Å². The van der Waals surface area contributed by atoms with E-state index >= 15 is 0 Å². The molecule has 0 radical (unpaired) electrons. The number of piperazine rings is 1. The number of nitro benzene ring substituents is 1. The third-order valence-electron chi connectivity index (χ3n) is 5.15. The molecule has 0 spiro atoms. The maximum Gasteiger partial charge on any atom is 0.294 e. The van der Waals surface area contributed by atoms with Crippen LogP contribution in [0.4, 0.5) is 23.0 Å². The van der Waals surface area contributed by atoms with Crippen molar-refractivity contribution >= 4 is 34.8 Å². The summed E-state index contributed by atoms with van der Waals surface area (Å²) in [5, 5.41) is 11.7. The van der Waals surface area contributed by atoms with Crippen LogP contribution in [0.5, 0.6) is 0 Å². The van der Waals surface area contributed by atoms with E-state index in [4.69, 9.17) is 0 Å². The number of nitro groups is 1. The van der Waals surface area contributed by atoms with Crippen molar-refractivity contribution < 1.29 is 14.5 Å². The average Bonchev–Trinajstić information content (AvgIpc) is 2.74. The minimum absolute atomic E-state index is 0.113. The van der Waals surface area contributed by atoms with Crippen molar-refractivity contribution in [3.05, 3.63) is 46.8 Å².